The molecule has 1 unspecified atom stereocenters. The standard InChI is InChI=1S/C9H18O/c1-8-7-9(2,3)5-4-6-10-8/h8H,4-7H2,1-3H3. The fourth-order valence-electron chi connectivity index (χ4n) is 1.77. The summed E-state index contributed by atoms with van der Waals surface area (Å²) >= 11 is 0. The largest absolute Gasteiger partial charge is 0.378 e. The Labute approximate surface area is 63.8 Å². The summed E-state index contributed by atoms with van der Waals surface area (Å²) in [6.45, 7) is 7.80. The molecule has 1 saturated heterocycles. The van der Waals surface area contributed by atoms with Crippen LogP contribution in [0.2, 0.25) is 0 Å². The molecule has 1 atom stereocenters. The zero-order chi connectivity index (χ0) is 7.61. The lowest BCUT2D eigenvalue weighted by molar-refractivity contribution is 0.0610. The van der Waals surface area contributed by atoms with Crippen molar-refractivity contribution in [1.29, 1.82) is 0 Å². The normalized spacial score (nSPS) is 33.3. The molecule has 0 spiro atoms. The molecule has 1 heteroatoms. The van der Waals surface area contributed by atoms with E-state index in [1.54, 1.807) is 0 Å². The Morgan fingerprint density at radius 2 is 2.10 bits per heavy atom. The van der Waals surface area contributed by atoms with Gasteiger partial charge in [-0.2, -0.15) is 0 Å². The van der Waals surface area contributed by atoms with Crippen molar-refractivity contribution in [1.82, 2.24) is 0 Å². The first-order valence-electron chi connectivity index (χ1n) is 4.22. The maximum Gasteiger partial charge on any atom is 0.0552 e. The Hall–Kier alpha value is -0.0400. The molecule has 0 amide bonds. The van der Waals surface area contributed by atoms with Crippen molar-refractivity contribution in [3.05, 3.63) is 0 Å². The summed E-state index contributed by atoms with van der Waals surface area (Å²) in [5, 5.41) is 0. The lowest BCUT2D eigenvalue weighted by Crippen LogP contribution is -2.16. The monoisotopic (exact) mass is 142 g/mol. The predicted molar refractivity (Wildman–Crippen MR) is 43.0 cm³/mol. The van der Waals surface area contributed by atoms with Crippen LogP contribution >= 0.6 is 0 Å². The Balaban J connectivity index is 2.46. The highest BCUT2D eigenvalue weighted by Gasteiger charge is 2.23. The third-order valence-electron chi connectivity index (χ3n) is 2.24. The third kappa shape index (κ3) is 2.30. The van der Waals surface area contributed by atoms with Gasteiger partial charge < -0.3 is 4.74 Å². The molecule has 1 aliphatic heterocycles. The van der Waals surface area contributed by atoms with Crippen LogP contribution in [0.1, 0.15) is 40.0 Å². The predicted octanol–water partition coefficient (Wildman–Crippen LogP) is 2.60. The number of rotatable bonds is 0. The van der Waals surface area contributed by atoms with Crippen LogP contribution < -0.4 is 0 Å². The fourth-order valence-corrected chi connectivity index (χ4v) is 1.77. The molecule has 0 aromatic heterocycles. The molecule has 0 aromatic rings. The quantitative estimate of drug-likeness (QED) is 0.505. The van der Waals surface area contributed by atoms with Gasteiger partial charge in [0.05, 0.1) is 6.10 Å². The fraction of sp³-hybridized carbons (Fsp3) is 1.00. The van der Waals surface area contributed by atoms with Crippen molar-refractivity contribution in [2.24, 2.45) is 5.41 Å². The third-order valence-corrected chi connectivity index (χ3v) is 2.24. The van der Waals surface area contributed by atoms with Crippen molar-refractivity contribution in [2.75, 3.05) is 6.61 Å². The minimum atomic E-state index is 0.470. The van der Waals surface area contributed by atoms with Crippen molar-refractivity contribution < 1.29 is 4.74 Å². The van der Waals surface area contributed by atoms with Gasteiger partial charge in [-0.1, -0.05) is 13.8 Å². The van der Waals surface area contributed by atoms with Crippen LogP contribution in [0.4, 0.5) is 0 Å². The zero-order valence-electron chi connectivity index (χ0n) is 7.31. The number of ether oxygens (including phenoxy) is 1. The Morgan fingerprint density at radius 1 is 1.40 bits per heavy atom. The molecule has 0 saturated carbocycles. The van der Waals surface area contributed by atoms with E-state index in [1.807, 2.05) is 0 Å². The van der Waals surface area contributed by atoms with Crippen LogP contribution in [0.5, 0.6) is 0 Å². The average molecular weight is 142 g/mol. The number of hydrogen-bond donors (Lipinski definition) is 0. The van der Waals surface area contributed by atoms with Crippen molar-refractivity contribution in [2.45, 2.75) is 46.1 Å². The van der Waals surface area contributed by atoms with Crippen LogP contribution in [0.15, 0.2) is 0 Å². The molecule has 0 N–H and O–H groups in total. The zero-order valence-corrected chi connectivity index (χ0v) is 7.31. The first kappa shape index (κ1) is 8.06. The van der Waals surface area contributed by atoms with Gasteiger partial charge in [-0.05, 0) is 31.6 Å². The van der Waals surface area contributed by atoms with Crippen LogP contribution in [-0.2, 0) is 4.74 Å². The summed E-state index contributed by atoms with van der Waals surface area (Å²) in [6, 6.07) is 0. The second-order valence-electron chi connectivity index (χ2n) is 4.15. The number of hydrogen-bond acceptors (Lipinski definition) is 1. The highest BCUT2D eigenvalue weighted by molar-refractivity contribution is 4.74. The van der Waals surface area contributed by atoms with Crippen molar-refractivity contribution >= 4 is 0 Å². The second kappa shape index (κ2) is 2.91. The summed E-state index contributed by atoms with van der Waals surface area (Å²) < 4.78 is 5.54. The maximum absolute atomic E-state index is 5.54. The van der Waals surface area contributed by atoms with E-state index in [9.17, 15) is 0 Å². The van der Waals surface area contributed by atoms with E-state index in [0.717, 1.165) is 6.61 Å². The average Bonchev–Trinajstić information content (AvgIpc) is 1.90. The highest BCUT2D eigenvalue weighted by atomic mass is 16.5. The second-order valence-corrected chi connectivity index (χ2v) is 4.15. The van der Waals surface area contributed by atoms with Gasteiger partial charge in [0, 0.05) is 6.61 Å². The summed E-state index contributed by atoms with van der Waals surface area (Å²) in [7, 11) is 0. The highest BCUT2D eigenvalue weighted by Crippen LogP contribution is 2.31. The molecule has 1 nitrogen and oxygen atoms in total. The van der Waals surface area contributed by atoms with Gasteiger partial charge in [-0.15, -0.1) is 0 Å². The van der Waals surface area contributed by atoms with Gasteiger partial charge in [0.25, 0.3) is 0 Å². The van der Waals surface area contributed by atoms with E-state index in [0.29, 0.717) is 11.5 Å². The molecule has 0 aliphatic carbocycles. The molecule has 1 aliphatic rings. The van der Waals surface area contributed by atoms with Crippen LogP contribution in [0.3, 0.4) is 0 Å². The lowest BCUT2D eigenvalue weighted by Gasteiger charge is -2.23. The van der Waals surface area contributed by atoms with Crippen LogP contribution in [0, 0.1) is 5.41 Å². The molecule has 1 heterocycles. The van der Waals surface area contributed by atoms with Gasteiger partial charge in [-0.3, -0.25) is 0 Å². The van der Waals surface area contributed by atoms with E-state index < -0.39 is 0 Å². The summed E-state index contributed by atoms with van der Waals surface area (Å²) in [4.78, 5) is 0. The van der Waals surface area contributed by atoms with E-state index in [2.05, 4.69) is 20.8 Å². The van der Waals surface area contributed by atoms with Gasteiger partial charge >= 0.3 is 0 Å². The van der Waals surface area contributed by atoms with Gasteiger partial charge in [-0.25, -0.2) is 0 Å². The van der Waals surface area contributed by atoms with Gasteiger partial charge in [0.1, 0.15) is 0 Å². The molecular formula is C9H18O. The van der Waals surface area contributed by atoms with E-state index in [4.69, 9.17) is 4.74 Å². The molecule has 10 heavy (non-hydrogen) atoms. The molecule has 1 fully saturated rings. The summed E-state index contributed by atoms with van der Waals surface area (Å²) in [5.74, 6) is 0. The SMILES string of the molecule is CC1CC(C)(C)CCCO1. The topological polar surface area (TPSA) is 9.23 Å². The van der Waals surface area contributed by atoms with Crippen LogP contribution in [0.25, 0.3) is 0 Å². The van der Waals surface area contributed by atoms with E-state index in [-0.39, 0.29) is 0 Å². The summed E-state index contributed by atoms with van der Waals surface area (Å²) in [6.07, 6.45) is 4.24. The van der Waals surface area contributed by atoms with Crippen LogP contribution in [-0.4, -0.2) is 12.7 Å². The van der Waals surface area contributed by atoms with Crippen molar-refractivity contribution in [3.8, 4) is 0 Å². The molecule has 1 rings (SSSR count). The first-order valence-corrected chi connectivity index (χ1v) is 4.22. The molecule has 0 aromatic carbocycles. The maximum atomic E-state index is 5.54. The van der Waals surface area contributed by atoms with Gasteiger partial charge in [0.2, 0.25) is 0 Å². The first-order chi connectivity index (χ1) is 4.60. The summed E-state index contributed by atoms with van der Waals surface area (Å²) in [5.41, 5.74) is 0.510. The Bertz CT molecular complexity index is 107. The van der Waals surface area contributed by atoms with E-state index in [1.165, 1.54) is 19.3 Å². The molecular weight excluding hydrogens is 124 g/mol. The van der Waals surface area contributed by atoms with E-state index >= 15 is 0 Å². The molecule has 60 valence electrons. The molecule has 0 radical (unpaired) electrons. The van der Waals surface area contributed by atoms with Crippen molar-refractivity contribution in [3.63, 3.8) is 0 Å². The smallest absolute Gasteiger partial charge is 0.0552 e. The Kier molecular flexibility index (Phi) is 2.35. The molecule has 0 bridgehead atoms. The van der Waals surface area contributed by atoms with Gasteiger partial charge in [0.15, 0.2) is 0 Å². The Morgan fingerprint density at radius 3 is 2.80 bits per heavy atom. The lowest BCUT2D eigenvalue weighted by atomic mass is 9.83. The minimum Gasteiger partial charge on any atom is -0.378 e. The minimum absolute atomic E-state index is 0.470.